The number of carbonyl (C=O) groups is 1. The van der Waals surface area contributed by atoms with E-state index in [4.69, 9.17) is 4.74 Å². The topological polar surface area (TPSA) is 68.5 Å². The minimum Gasteiger partial charge on any atom is -0.473 e. The van der Waals surface area contributed by atoms with Crippen LogP contribution in [0.15, 0.2) is 42.6 Å². The van der Waals surface area contributed by atoms with Crippen molar-refractivity contribution in [3.05, 3.63) is 42.6 Å². The van der Waals surface area contributed by atoms with Crippen LogP contribution in [0.3, 0.4) is 0 Å². The van der Waals surface area contributed by atoms with Crippen LogP contribution in [-0.4, -0.2) is 26.6 Å². The van der Waals surface area contributed by atoms with Gasteiger partial charge in [0.15, 0.2) is 5.65 Å². The average Bonchev–Trinajstić information content (AvgIpc) is 3.05. The van der Waals surface area contributed by atoms with Gasteiger partial charge in [0.25, 0.3) is 0 Å². The van der Waals surface area contributed by atoms with E-state index in [2.05, 4.69) is 15.4 Å². The van der Waals surface area contributed by atoms with Gasteiger partial charge in [0, 0.05) is 24.2 Å². The first-order valence-electron chi connectivity index (χ1n) is 9.08. The van der Waals surface area contributed by atoms with Gasteiger partial charge < -0.3 is 10.1 Å². The molecular weight excluding hydrogens is 328 g/mol. The van der Waals surface area contributed by atoms with Crippen molar-refractivity contribution < 1.29 is 9.53 Å². The maximum Gasteiger partial charge on any atom is 0.232 e. The molecule has 1 aliphatic carbocycles. The molecule has 0 bridgehead atoms. The minimum absolute atomic E-state index is 0.0958. The largest absolute Gasteiger partial charge is 0.473 e. The van der Waals surface area contributed by atoms with Crippen LogP contribution < -0.4 is 10.1 Å². The number of ether oxygens (including phenoxy) is 1. The fourth-order valence-corrected chi connectivity index (χ4v) is 3.43. The van der Waals surface area contributed by atoms with E-state index in [0.29, 0.717) is 5.88 Å². The van der Waals surface area contributed by atoms with E-state index in [1.165, 1.54) is 26.2 Å². The molecule has 0 saturated heterocycles. The number of hydrogen-bond acceptors (Lipinski definition) is 4. The van der Waals surface area contributed by atoms with Crippen molar-refractivity contribution in [3.63, 3.8) is 0 Å². The van der Waals surface area contributed by atoms with E-state index < -0.39 is 0 Å². The van der Waals surface area contributed by atoms with Crippen molar-refractivity contribution in [2.24, 2.45) is 0 Å². The van der Waals surface area contributed by atoms with Crippen molar-refractivity contribution in [2.75, 3.05) is 5.32 Å². The zero-order valence-corrected chi connectivity index (χ0v) is 14.8. The number of benzene rings is 1. The Morgan fingerprint density at radius 3 is 2.85 bits per heavy atom. The van der Waals surface area contributed by atoms with Crippen LogP contribution in [0.5, 0.6) is 5.88 Å². The van der Waals surface area contributed by atoms with E-state index in [0.717, 1.165) is 35.4 Å². The van der Waals surface area contributed by atoms with Crippen LogP contribution in [0.2, 0.25) is 0 Å². The van der Waals surface area contributed by atoms with E-state index in [-0.39, 0.29) is 12.0 Å². The number of imidazole rings is 1. The van der Waals surface area contributed by atoms with Crippen LogP contribution in [0, 0.1) is 0 Å². The first-order valence-corrected chi connectivity index (χ1v) is 9.08. The summed E-state index contributed by atoms with van der Waals surface area (Å²) in [7, 11) is 0. The molecule has 1 N–H and O–H groups in total. The van der Waals surface area contributed by atoms with E-state index in [1.807, 2.05) is 36.4 Å². The standard InChI is InChI=1S/C20H22N4O2/c1-14(25)22-16-7-5-6-15(12-16)18-13-21-19-10-11-20(23-24(18)19)26-17-8-3-2-4-9-17/h5-7,10-13,17H,2-4,8-9H2,1H3,(H,22,25). The molecule has 2 aromatic heterocycles. The molecule has 4 rings (SSSR count). The Balaban J connectivity index is 1.65. The van der Waals surface area contributed by atoms with Crippen molar-refractivity contribution in [3.8, 4) is 17.1 Å². The van der Waals surface area contributed by atoms with Gasteiger partial charge in [-0.25, -0.2) is 9.50 Å². The summed E-state index contributed by atoms with van der Waals surface area (Å²) >= 11 is 0. The number of nitrogens with zero attached hydrogens (tertiary/aromatic N) is 3. The van der Waals surface area contributed by atoms with Crippen LogP contribution in [0.4, 0.5) is 5.69 Å². The van der Waals surface area contributed by atoms with Gasteiger partial charge in [-0.05, 0) is 43.9 Å². The van der Waals surface area contributed by atoms with Gasteiger partial charge in [-0.2, -0.15) is 0 Å². The maximum atomic E-state index is 11.3. The molecule has 26 heavy (non-hydrogen) atoms. The number of carbonyl (C=O) groups excluding carboxylic acids is 1. The van der Waals surface area contributed by atoms with Gasteiger partial charge in [0.1, 0.15) is 6.10 Å². The number of nitrogens with one attached hydrogen (secondary N) is 1. The van der Waals surface area contributed by atoms with E-state index in [1.54, 1.807) is 10.7 Å². The average molecular weight is 350 g/mol. The van der Waals surface area contributed by atoms with Crippen LogP contribution in [-0.2, 0) is 4.79 Å². The fourth-order valence-electron chi connectivity index (χ4n) is 3.43. The monoisotopic (exact) mass is 350 g/mol. The van der Waals surface area contributed by atoms with Crippen molar-refractivity contribution in [2.45, 2.75) is 45.1 Å². The summed E-state index contributed by atoms with van der Waals surface area (Å²) in [6, 6.07) is 11.5. The van der Waals surface area contributed by atoms with Gasteiger partial charge >= 0.3 is 0 Å². The van der Waals surface area contributed by atoms with Crippen molar-refractivity contribution in [1.82, 2.24) is 14.6 Å². The lowest BCUT2D eigenvalue weighted by Gasteiger charge is -2.22. The second-order valence-corrected chi connectivity index (χ2v) is 6.72. The molecule has 3 aromatic rings. The molecule has 0 atom stereocenters. The Morgan fingerprint density at radius 1 is 1.19 bits per heavy atom. The lowest BCUT2D eigenvalue weighted by Crippen LogP contribution is -2.20. The first-order chi connectivity index (χ1) is 12.7. The molecule has 0 radical (unpaired) electrons. The normalized spacial score (nSPS) is 15.1. The van der Waals surface area contributed by atoms with Crippen LogP contribution in [0.25, 0.3) is 16.9 Å². The highest BCUT2D eigenvalue weighted by molar-refractivity contribution is 5.89. The third-order valence-corrected chi connectivity index (χ3v) is 4.66. The molecule has 1 fully saturated rings. The molecule has 6 heteroatoms. The Labute approximate surface area is 152 Å². The summed E-state index contributed by atoms with van der Waals surface area (Å²) in [4.78, 5) is 15.7. The van der Waals surface area contributed by atoms with Gasteiger partial charge in [0.05, 0.1) is 11.9 Å². The maximum absolute atomic E-state index is 11.3. The van der Waals surface area contributed by atoms with Crippen LogP contribution in [0.1, 0.15) is 39.0 Å². The smallest absolute Gasteiger partial charge is 0.232 e. The Kier molecular flexibility index (Phi) is 4.56. The fraction of sp³-hybridized carbons (Fsp3) is 0.350. The number of amides is 1. The van der Waals surface area contributed by atoms with Gasteiger partial charge in [0.2, 0.25) is 11.8 Å². The molecule has 1 aliphatic rings. The summed E-state index contributed by atoms with van der Waals surface area (Å²) in [5, 5.41) is 7.45. The van der Waals surface area contributed by atoms with Gasteiger partial charge in [-0.3, -0.25) is 4.79 Å². The summed E-state index contributed by atoms with van der Waals surface area (Å²) in [6.07, 6.45) is 7.97. The molecule has 2 heterocycles. The third kappa shape index (κ3) is 3.54. The molecular formula is C20H22N4O2. The Hall–Kier alpha value is -2.89. The van der Waals surface area contributed by atoms with E-state index >= 15 is 0 Å². The number of fused-ring (bicyclic) bond motifs is 1. The van der Waals surface area contributed by atoms with Gasteiger partial charge in [-0.1, -0.05) is 18.6 Å². The van der Waals surface area contributed by atoms with E-state index in [9.17, 15) is 4.79 Å². The number of anilines is 1. The SMILES string of the molecule is CC(=O)Nc1cccc(-c2cnc3ccc(OC4CCCCC4)nn23)c1. The summed E-state index contributed by atoms with van der Waals surface area (Å²) in [5.41, 5.74) is 3.31. The molecule has 1 amide bonds. The lowest BCUT2D eigenvalue weighted by atomic mass is 9.98. The second kappa shape index (κ2) is 7.15. The molecule has 134 valence electrons. The summed E-state index contributed by atoms with van der Waals surface area (Å²) < 4.78 is 7.88. The third-order valence-electron chi connectivity index (χ3n) is 4.66. The predicted molar refractivity (Wildman–Crippen MR) is 100 cm³/mol. The Bertz CT molecular complexity index is 928. The highest BCUT2D eigenvalue weighted by Crippen LogP contribution is 2.26. The number of hydrogen-bond donors (Lipinski definition) is 1. The first kappa shape index (κ1) is 16.6. The summed E-state index contributed by atoms with van der Waals surface area (Å²) in [6.45, 7) is 1.50. The molecule has 0 unspecified atom stereocenters. The van der Waals surface area contributed by atoms with Crippen LogP contribution >= 0.6 is 0 Å². The molecule has 6 nitrogen and oxygen atoms in total. The van der Waals surface area contributed by atoms with Crippen molar-refractivity contribution in [1.29, 1.82) is 0 Å². The molecule has 0 spiro atoms. The number of aromatic nitrogens is 3. The highest BCUT2D eigenvalue weighted by Gasteiger charge is 2.16. The van der Waals surface area contributed by atoms with Gasteiger partial charge in [-0.15, -0.1) is 5.10 Å². The zero-order chi connectivity index (χ0) is 17.9. The predicted octanol–water partition coefficient (Wildman–Crippen LogP) is 4.07. The second-order valence-electron chi connectivity index (χ2n) is 6.72. The molecule has 0 aliphatic heterocycles. The number of rotatable bonds is 4. The highest BCUT2D eigenvalue weighted by atomic mass is 16.5. The molecule has 1 aromatic carbocycles. The Morgan fingerprint density at radius 2 is 2.04 bits per heavy atom. The summed E-state index contributed by atoms with van der Waals surface area (Å²) in [5.74, 6) is 0.531. The lowest BCUT2D eigenvalue weighted by molar-refractivity contribution is -0.114. The quantitative estimate of drug-likeness (QED) is 0.770. The minimum atomic E-state index is -0.0958. The van der Waals surface area contributed by atoms with Crippen molar-refractivity contribution >= 4 is 17.2 Å². The zero-order valence-electron chi connectivity index (χ0n) is 14.8. The molecule has 1 saturated carbocycles.